The highest BCUT2D eigenvalue weighted by Crippen LogP contribution is 2.15. The van der Waals surface area contributed by atoms with Crippen molar-refractivity contribution >= 4 is 11.6 Å². The van der Waals surface area contributed by atoms with Gasteiger partial charge in [-0.1, -0.05) is 11.8 Å². The van der Waals surface area contributed by atoms with Crippen molar-refractivity contribution in [2.24, 2.45) is 0 Å². The Morgan fingerprint density at radius 1 is 1.48 bits per heavy atom. The molecule has 108 valence electrons. The lowest BCUT2D eigenvalue weighted by Crippen LogP contribution is -2.19. The Balaban J connectivity index is 2.01. The van der Waals surface area contributed by atoms with Crippen molar-refractivity contribution in [1.29, 1.82) is 0 Å². The molecule has 0 fully saturated rings. The maximum absolute atomic E-state index is 13.8. The lowest BCUT2D eigenvalue weighted by Gasteiger charge is -2.06. The van der Waals surface area contributed by atoms with Crippen LogP contribution in [0.4, 0.5) is 10.1 Å². The van der Waals surface area contributed by atoms with Gasteiger partial charge in [-0.3, -0.25) is 9.48 Å². The third kappa shape index (κ3) is 4.44. The van der Waals surface area contributed by atoms with E-state index in [2.05, 4.69) is 22.3 Å². The minimum atomic E-state index is -0.556. The maximum Gasteiger partial charge on any atom is 0.246 e. The number of benzene rings is 1. The van der Waals surface area contributed by atoms with Gasteiger partial charge in [0.2, 0.25) is 5.91 Å². The van der Waals surface area contributed by atoms with Crippen molar-refractivity contribution in [1.82, 2.24) is 9.78 Å². The van der Waals surface area contributed by atoms with Gasteiger partial charge in [0.1, 0.15) is 12.4 Å². The number of carbonyl (C=O) groups is 1. The lowest BCUT2D eigenvalue weighted by atomic mass is 10.2. The van der Waals surface area contributed by atoms with Crippen LogP contribution >= 0.6 is 0 Å². The molecule has 0 saturated carbocycles. The third-order valence-corrected chi connectivity index (χ3v) is 2.58. The summed E-state index contributed by atoms with van der Waals surface area (Å²) in [5.41, 5.74) is 0.589. The summed E-state index contributed by atoms with van der Waals surface area (Å²) in [7, 11) is 0. The first-order valence-electron chi connectivity index (χ1n) is 6.35. The monoisotopic (exact) mass is 287 g/mol. The van der Waals surface area contributed by atoms with Crippen LogP contribution in [0.1, 0.15) is 12.0 Å². The van der Waals surface area contributed by atoms with Crippen LogP contribution in [-0.2, 0) is 11.3 Å². The number of aliphatic hydroxyl groups excluding tert-OH is 1. The Morgan fingerprint density at radius 2 is 2.33 bits per heavy atom. The zero-order valence-corrected chi connectivity index (χ0v) is 11.2. The molecule has 6 heteroatoms. The zero-order chi connectivity index (χ0) is 15.1. The summed E-state index contributed by atoms with van der Waals surface area (Å²) in [6, 6.07) is 6.01. The highest BCUT2D eigenvalue weighted by atomic mass is 19.1. The van der Waals surface area contributed by atoms with E-state index in [1.54, 1.807) is 24.5 Å². The molecule has 0 aliphatic heterocycles. The topological polar surface area (TPSA) is 67.2 Å². The first-order chi connectivity index (χ1) is 10.2. The molecule has 0 aliphatic rings. The smallest absolute Gasteiger partial charge is 0.246 e. The van der Waals surface area contributed by atoms with Crippen LogP contribution in [0, 0.1) is 17.7 Å². The summed E-state index contributed by atoms with van der Waals surface area (Å²) >= 11 is 0. The average Bonchev–Trinajstić information content (AvgIpc) is 2.95. The number of nitrogens with zero attached hydrogens (tertiary/aromatic N) is 2. The molecule has 2 rings (SSSR count). The molecule has 1 aromatic heterocycles. The van der Waals surface area contributed by atoms with Gasteiger partial charge in [-0.05, 0) is 24.3 Å². The molecular weight excluding hydrogens is 273 g/mol. The summed E-state index contributed by atoms with van der Waals surface area (Å²) in [6.07, 6.45) is 3.55. The van der Waals surface area contributed by atoms with E-state index < -0.39 is 5.82 Å². The molecule has 2 aromatic rings. The number of hydrogen-bond acceptors (Lipinski definition) is 3. The first-order valence-corrected chi connectivity index (χ1v) is 6.35. The number of rotatable bonds is 4. The predicted molar refractivity (Wildman–Crippen MR) is 75.8 cm³/mol. The number of amides is 1. The van der Waals surface area contributed by atoms with E-state index in [9.17, 15) is 9.18 Å². The lowest BCUT2D eigenvalue weighted by molar-refractivity contribution is -0.116. The van der Waals surface area contributed by atoms with Crippen LogP contribution < -0.4 is 5.32 Å². The van der Waals surface area contributed by atoms with E-state index in [1.165, 1.54) is 16.8 Å². The highest BCUT2D eigenvalue weighted by Gasteiger charge is 2.08. The molecule has 1 heterocycles. The van der Waals surface area contributed by atoms with Crippen LogP contribution in [0.15, 0.2) is 36.7 Å². The number of aliphatic hydroxyl groups is 1. The zero-order valence-electron chi connectivity index (χ0n) is 11.2. The van der Waals surface area contributed by atoms with E-state index >= 15 is 0 Å². The van der Waals surface area contributed by atoms with Gasteiger partial charge in [-0.2, -0.15) is 5.10 Å². The van der Waals surface area contributed by atoms with Crippen molar-refractivity contribution < 1.29 is 14.3 Å². The molecule has 1 aromatic carbocycles. The summed E-state index contributed by atoms with van der Waals surface area (Å²) in [5.74, 6) is 4.51. The van der Waals surface area contributed by atoms with E-state index in [4.69, 9.17) is 5.11 Å². The number of halogens is 1. The molecule has 5 nitrogen and oxygen atoms in total. The Bertz CT molecular complexity index is 672. The van der Waals surface area contributed by atoms with E-state index in [-0.39, 0.29) is 24.7 Å². The van der Waals surface area contributed by atoms with Crippen molar-refractivity contribution in [3.8, 4) is 11.8 Å². The fraction of sp³-hybridized carbons (Fsp3) is 0.200. The standard InChI is InChI=1S/C15H14FN3O2/c16-13-10-12(4-1-2-9-20)5-6-14(13)18-15(21)11-19-8-3-7-17-19/h3,5-8,10,20H,2,9,11H2,(H,18,21). The summed E-state index contributed by atoms with van der Waals surface area (Å²) in [6.45, 7) is -0.0124. The van der Waals surface area contributed by atoms with Gasteiger partial charge in [0.05, 0.1) is 12.3 Å². The molecule has 2 N–H and O–H groups in total. The van der Waals surface area contributed by atoms with Crippen molar-refractivity contribution in [3.63, 3.8) is 0 Å². The minimum absolute atomic E-state index is 0.0184. The van der Waals surface area contributed by atoms with Crippen molar-refractivity contribution in [3.05, 3.63) is 48.0 Å². The maximum atomic E-state index is 13.8. The number of anilines is 1. The number of carbonyl (C=O) groups excluding carboxylic acids is 1. The second-order valence-corrected chi connectivity index (χ2v) is 4.22. The normalized spacial score (nSPS) is 9.81. The van der Waals surface area contributed by atoms with E-state index in [1.807, 2.05) is 0 Å². The third-order valence-electron chi connectivity index (χ3n) is 2.58. The molecule has 1 amide bonds. The molecule has 21 heavy (non-hydrogen) atoms. The Kier molecular flexibility index (Phi) is 5.07. The molecule has 0 saturated heterocycles. The fourth-order valence-electron chi connectivity index (χ4n) is 1.65. The minimum Gasteiger partial charge on any atom is -0.395 e. The highest BCUT2D eigenvalue weighted by molar-refractivity contribution is 5.90. The molecular formula is C15H14FN3O2. The second-order valence-electron chi connectivity index (χ2n) is 4.22. The summed E-state index contributed by atoms with van der Waals surface area (Å²) in [5, 5.41) is 15.0. The molecule has 0 atom stereocenters. The molecule has 0 aliphatic carbocycles. The quantitative estimate of drug-likeness (QED) is 0.835. The van der Waals surface area contributed by atoms with Gasteiger partial charge in [-0.15, -0.1) is 0 Å². The number of aromatic nitrogens is 2. The SMILES string of the molecule is O=C(Cn1cccn1)Nc1ccc(C#CCCO)cc1F. The molecule has 0 radical (unpaired) electrons. The van der Waals surface area contributed by atoms with Gasteiger partial charge in [0.15, 0.2) is 0 Å². The fourth-order valence-corrected chi connectivity index (χ4v) is 1.65. The largest absolute Gasteiger partial charge is 0.395 e. The van der Waals surface area contributed by atoms with Crippen LogP contribution in [0.2, 0.25) is 0 Å². The summed E-state index contributed by atoms with van der Waals surface area (Å²) < 4.78 is 15.3. The number of nitrogens with one attached hydrogen (secondary N) is 1. The predicted octanol–water partition coefficient (Wildman–Crippen LogP) is 1.39. The van der Waals surface area contributed by atoms with Gasteiger partial charge in [0, 0.05) is 24.4 Å². The van der Waals surface area contributed by atoms with Gasteiger partial charge in [0.25, 0.3) is 0 Å². The van der Waals surface area contributed by atoms with Crippen LogP contribution in [0.5, 0.6) is 0 Å². The molecule has 0 bridgehead atoms. The Labute approximate surface area is 121 Å². The number of hydrogen-bond donors (Lipinski definition) is 2. The summed E-state index contributed by atoms with van der Waals surface area (Å²) in [4.78, 5) is 11.7. The van der Waals surface area contributed by atoms with Gasteiger partial charge >= 0.3 is 0 Å². The van der Waals surface area contributed by atoms with Crippen LogP contribution in [-0.4, -0.2) is 27.4 Å². The van der Waals surface area contributed by atoms with Crippen molar-refractivity contribution in [2.45, 2.75) is 13.0 Å². The second kappa shape index (κ2) is 7.22. The van der Waals surface area contributed by atoms with E-state index in [0.717, 1.165) is 0 Å². The first kappa shape index (κ1) is 14.8. The molecule has 0 unspecified atom stereocenters. The van der Waals surface area contributed by atoms with E-state index in [0.29, 0.717) is 12.0 Å². The average molecular weight is 287 g/mol. The molecule has 0 spiro atoms. The Hall–Kier alpha value is -2.65. The van der Waals surface area contributed by atoms with Gasteiger partial charge < -0.3 is 10.4 Å². The van der Waals surface area contributed by atoms with Crippen molar-refractivity contribution in [2.75, 3.05) is 11.9 Å². The Morgan fingerprint density at radius 3 is 3.00 bits per heavy atom. The van der Waals surface area contributed by atoms with Gasteiger partial charge in [-0.25, -0.2) is 4.39 Å². The van der Waals surface area contributed by atoms with Crippen LogP contribution in [0.25, 0.3) is 0 Å². The van der Waals surface area contributed by atoms with Crippen LogP contribution in [0.3, 0.4) is 0 Å².